The number of aryl methyl sites for hydroxylation is 1. The number of ether oxygens (including phenoxy) is 1. The Labute approximate surface area is 205 Å². The van der Waals surface area contributed by atoms with Crippen LogP contribution in [0.1, 0.15) is 44.3 Å². The molecule has 0 bridgehead atoms. The third-order valence-corrected chi connectivity index (χ3v) is 7.30. The predicted molar refractivity (Wildman–Crippen MR) is 135 cm³/mol. The van der Waals surface area contributed by atoms with Crippen LogP contribution in [0.4, 0.5) is 11.4 Å². The van der Waals surface area contributed by atoms with Crippen LogP contribution in [-0.2, 0) is 10.0 Å². The van der Waals surface area contributed by atoms with Crippen molar-refractivity contribution >= 4 is 33.1 Å². The largest absolute Gasteiger partial charge is 0.496 e. The smallest absolute Gasteiger partial charge is 0.261 e. The SMILES string of the molecule is COc1cc(NS(=O)(=O)c2ccc3c(c2)C(=O)CC(c2cccc(C(=O)N(C)C)c2)N3)ccc1C. The number of Topliss-reactive ketones (excluding diaryl/α,β-unsaturated/α-hetero) is 1. The molecule has 182 valence electrons. The first-order valence-electron chi connectivity index (χ1n) is 11.0. The van der Waals surface area contributed by atoms with Gasteiger partial charge in [-0.3, -0.25) is 14.3 Å². The zero-order valence-corrected chi connectivity index (χ0v) is 20.8. The van der Waals surface area contributed by atoms with Crippen molar-refractivity contribution in [1.29, 1.82) is 0 Å². The van der Waals surface area contributed by atoms with Crippen molar-refractivity contribution in [3.8, 4) is 5.75 Å². The van der Waals surface area contributed by atoms with Crippen molar-refractivity contribution in [2.24, 2.45) is 0 Å². The summed E-state index contributed by atoms with van der Waals surface area (Å²) in [5.41, 5.74) is 3.45. The van der Waals surface area contributed by atoms with E-state index in [2.05, 4.69) is 10.0 Å². The fourth-order valence-electron chi connectivity index (χ4n) is 4.03. The van der Waals surface area contributed by atoms with E-state index in [4.69, 9.17) is 4.74 Å². The predicted octanol–water partition coefficient (Wildman–Crippen LogP) is 4.25. The highest BCUT2D eigenvalue weighted by Gasteiger charge is 2.28. The molecule has 0 aromatic heterocycles. The molecule has 35 heavy (non-hydrogen) atoms. The lowest BCUT2D eigenvalue weighted by atomic mass is 9.91. The number of anilines is 2. The van der Waals surface area contributed by atoms with Crippen molar-refractivity contribution in [3.63, 3.8) is 0 Å². The van der Waals surface area contributed by atoms with E-state index in [0.29, 0.717) is 28.3 Å². The van der Waals surface area contributed by atoms with Crippen LogP contribution in [0.15, 0.2) is 65.6 Å². The molecule has 3 aromatic rings. The molecule has 1 amide bonds. The molecule has 0 saturated heterocycles. The standard InChI is InChI=1S/C26H27N3O5S/c1-16-8-9-19(13-25(16)34-4)28-35(32,33)20-10-11-22-21(14-20)24(30)15-23(27-22)17-6-5-7-18(12-17)26(31)29(2)3/h5-14,23,27-28H,15H2,1-4H3. The number of ketones is 1. The van der Waals surface area contributed by atoms with Crippen LogP contribution in [0.2, 0.25) is 0 Å². The minimum absolute atomic E-state index is 0.0111. The van der Waals surface area contributed by atoms with Gasteiger partial charge in [0.05, 0.1) is 23.7 Å². The number of nitrogens with one attached hydrogen (secondary N) is 2. The van der Waals surface area contributed by atoms with Crippen molar-refractivity contribution in [2.45, 2.75) is 24.3 Å². The maximum Gasteiger partial charge on any atom is 0.261 e. The molecule has 2 N–H and O–H groups in total. The van der Waals surface area contributed by atoms with Gasteiger partial charge in [-0.25, -0.2) is 8.42 Å². The van der Waals surface area contributed by atoms with Gasteiger partial charge in [0.1, 0.15) is 5.75 Å². The molecule has 1 heterocycles. The lowest BCUT2D eigenvalue weighted by Gasteiger charge is -2.27. The Morgan fingerprint density at radius 3 is 2.57 bits per heavy atom. The Kier molecular flexibility index (Phi) is 6.53. The highest BCUT2D eigenvalue weighted by atomic mass is 32.2. The minimum Gasteiger partial charge on any atom is -0.496 e. The van der Waals surface area contributed by atoms with Gasteiger partial charge in [-0.2, -0.15) is 0 Å². The summed E-state index contributed by atoms with van der Waals surface area (Å²) in [6.45, 7) is 1.86. The summed E-state index contributed by atoms with van der Waals surface area (Å²) in [5, 5.41) is 3.31. The van der Waals surface area contributed by atoms with Crippen molar-refractivity contribution in [1.82, 2.24) is 4.90 Å². The van der Waals surface area contributed by atoms with Crippen LogP contribution < -0.4 is 14.8 Å². The number of sulfonamides is 1. The fraction of sp³-hybridized carbons (Fsp3) is 0.231. The normalized spacial score (nSPS) is 15.1. The average molecular weight is 494 g/mol. The van der Waals surface area contributed by atoms with E-state index < -0.39 is 10.0 Å². The molecular weight excluding hydrogens is 466 g/mol. The number of rotatable bonds is 6. The first-order valence-corrected chi connectivity index (χ1v) is 12.5. The highest BCUT2D eigenvalue weighted by molar-refractivity contribution is 7.92. The molecule has 3 aromatic carbocycles. The van der Waals surface area contributed by atoms with Gasteiger partial charge in [0.15, 0.2) is 5.78 Å². The fourth-order valence-corrected chi connectivity index (χ4v) is 5.10. The highest BCUT2D eigenvalue weighted by Crippen LogP contribution is 2.35. The Balaban J connectivity index is 1.59. The van der Waals surface area contributed by atoms with Crippen LogP contribution in [0.3, 0.4) is 0 Å². The third kappa shape index (κ3) is 5.00. The average Bonchev–Trinajstić information content (AvgIpc) is 2.84. The number of hydrogen-bond donors (Lipinski definition) is 2. The summed E-state index contributed by atoms with van der Waals surface area (Å²) in [5.74, 6) is 0.266. The third-order valence-electron chi connectivity index (χ3n) is 5.92. The first-order chi connectivity index (χ1) is 16.6. The number of carbonyl (C=O) groups excluding carboxylic acids is 2. The van der Waals surface area contributed by atoms with E-state index in [9.17, 15) is 18.0 Å². The Morgan fingerprint density at radius 1 is 1.09 bits per heavy atom. The number of amides is 1. The molecule has 0 fully saturated rings. The second kappa shape index (κ2) is 9.42. The quantitative estimate of drug-likeness (QED) is 0.532. The lowest BCUT2D eigenvalue weighted by molar-refractivity contribution is 0.0827. The molecule has 9 heteroatoms. The summed E-state index contributed by atoms with van der Waals surface area (Å²) in [7, 11) is 0.963. The van der Waals surface area contributed by atoms with Crippen LogP contribution >= 0.6 is 0 Å². The molecule has 1 atom stereocenters. The molecule has 8 nitrogen and oxygen atoms in total. The zero-order chi connectivity index (χ0) is 25.3. The van der Waals surface area contributed by atoms with Crippen molar-refractivity contribution in [3.05, 3.63) is 82.9 Å². The second-order valence-electron chi connectivity index (χ2n) is 8.65. The van der Waals surface area contributed by atoms with E-state index in [1.54, 1.807) is 56.6 Å². The van der Waals surface area contributed by atoms with Crippen molar-refractivity contribution in [2.75, 3.05) is 31.2 Å². The van der Waals surface area contributed by atoms with E-state index in [0.717, 1.165) is 11.1 Å². The van der Waals surface area contributed by atoms with Gasteiger partial charge >= 0.3 is 0 Å². The molecule has 4 rings (SSSR count). The maximum absolute atomic E-state index is 13.0. The summed E-state index contributed by atoms with van der Waals surface area (Å²) in [6, 6.07) is 16.3. The van der Waals surface area contributed by atoms with E-state index in [1.165, 1.54) is 24.1 Å². The number of methoxy groups -OCH3 is 1. The van der Waals surface area contributed by atoms with Gasteiger partial charge in [-0.1, -0.05) is 18.2 Å². The molecule has 0 aliphatic carbocycles. The van der Waals surface area contributed by atoms with Crippen molar-refractivity contribution < 1.29 is 22.7 Å². The number of fused-ring (bicyclic) bond motifs is 1. The number of carbonyl (C=O) groups is 2. The Morgan fingerprint density at radius 2 is 1.86 bits per heavy atom. The van der Waals surface area contributed by atoms with E-state index in [-0.39, 0.29) is 29.0 Å². The topological polar surface area (TPSA) is 105 Å². The Bertz CT molecular complexity index is 1420. The molecular formula is C26H27N3O5S. The second-order valence-corrected chi connectivity index (χ2v) is 10.3. The number of nitrogens with zero attached hydrogens (tertiary/aromatic N) is 1. The van der Waals surface area contributed by atoms with Gasteiger partial charge in [0, 0.05) is 43.4 Å². The monoisotopic (exact) mass is 493 g/mol. The van der Waals surface area contributed by atoms with Crippen LogP contribution in [0.25, 0.3) is 0 Å². The van der Waals surface area contributed by atoms with Crippen LogP contribution in [-0.4, -0.2) is 46.2 Å². The molecule has 1 unspecified atom stereocenters. The minimum atomic E-state index is -3.92. The van der Waals surface area contributed by atoms with Gasteiger partial charge in [0.2, 0.25) is 0 Å². The van der Waals surface area contributed by atoms with Gasteiger partial charge < -0.3 is 15.0 Å². The lowest BCUT2D eigenvalue weighted by Crippen LogP contribution is -2.25. The molecule has 0 radical (unpaired) electrons. The molecule has 0 saturated carbocycles. The summed E-state index contributed by atoms with van der Waals surface area (Å²) >= 11 is 0. The van der Waals surface area contributed by atoms with Crippen LogP contribution in [0.5, 0.6) is 5.75 Å². The molecule has 1 aliphatic rings. The summed E-state index contributed by atoms with van der Waals surface area (Å²) < 4.78 is 33.8. The Hall–Kier alpha value is -3.85. The molecule has 0 spiro atoms. The first kappa shape index (κ1) is 24.3. The number of benzene rings is 3. The van der Waals surface area contributed by atoms with E-state index in [1.807, 2.05) is 13.0 Å². The summed E-state index contributed by atoms with van der Waals surface area (Å²) in [4.78, 5) is 26.8. The summed E-state index contributed by atoms with van der Waals surface area (Å²) in [6.07, 6.45) is 0.138. The van der Waals surface area contributed by atoms with Crippen LogP contribution in [0, 0.1) is 6.92 Å². The molecule has 1 aliphatic heterocycles. The van der Waals surface area contributed by atoms with Gasteiger partial charge in [-0.15, -0.1) is 0 Å². The van der Waals surface area contributed by atoms with Gasteiger partial charge in [-0.05, 0) is 54.4 Å². The van der Waals surface area contributed by atoms with E-state index >= 15 is 0 Å². The maximum atomic E-state index is 13.0. The zero-order valence-electron chi connectivity index (χ0n) is 20.0. The number of hydrogen-bond acceptors (Lipinski definition) is 6. The van der Waals surface area contributed by atoms with Gasteiger partial charge in [0.25, 0.3) is 15.9 Å².